The molecule has 0 saturated carbocycles. The van der Waals surface area contributed by atoms with Gasteiger partial charge in [-0.15, -0.1) is 5.10 Å². The molecule has 0 saturated heterocycles. The van der Waals surface area contributed by atoms with E-state index >= 15 is 0 Å². The molecule has 116 valence electrons. The molecule has 5 nitrogen and oxygen atoms in total. The zero-order valence-corrected chi connectivity index (χ0v) is 12.7. The third-order valence-corrected chi connectivity index (χ3v) is 3.50. The van der Waals surface area contributed by atoms with Crippen LogP contribution in [0.3, 0.4) is 0 Å². The van der Waals surface area contributed by atoms with Gasteiger partial charge >= 0.3 is 0 Å². The molecule has 5 heteroatoms. The van der Waals surface area contributed by atoms with Crippen LogP contribution in [-0.2, 0) is 13.0 Å². The molecule has 0 atom stereocenters. The van der Waals surface area contributed by atoms with Crippen molar-refractivity contribution in [3.8, 4) is 0 Å². The van der Waals surface area contributed by atoms with Gasteiger partial charge in [-0.3, -0.25) is 9.48 Å². The molecular weight excluding hydrogens is 288 g/mol. The van der Waals surface area contributed by atoms with Gasteiger partial charge in [0.1, 0.15) is 0 Å². The Labute approximate surface area is 135 Å². The summed E-state index contributed by atoms with van der Waals surface area (Å²) in [6.07, 6.45) is 3.61. The molecule has 0 unspecified atom stereocenters. The van der Waals surface area contributed by atoms with Crippen molar-refractivity contribution in [2.45, 2.75) is 19.4 Å². The van der Waals surface area contributed by atoms with E-state index in [2.05, 4.69) is 27.8 Å². The molecule has 1 N–H and O–H groups in total. The normalized spacial score (nSPS) is 10.4. The summed E-state index contributed by atoms with van der Waals surface area (Å²) in [6.45, 7) is 0.737. The average Bonchev–Trinajstić information content (AvgIpc) is 3.06. The second-order valence-corrected chi connectivity index (χ2v) is 5.28. The van der Waals surface area contributed by atoms with Crippen LogP contribution in [-0.4, -0.2) is 20.9 Å². The number of amides is 1. The second kappa shape index (κ2) is 7.35. The summed E-state index contributed by atoms with van der Waals surface area (Å²) in [4.78, 5) is 12.1. The van der Waals surface area contributed by atoms with Crippen LogP contribution in [0, 0.1) is 0 Å². The summed E-state index contributed by atoms with van der Waals surface area (Å²) in [7, 11) is 0. The molecule has 0 radical (unpaired) electrons. The molecule has 0 fully saturated rings. The maximum atomic E-state index is 12.1. The summed E-state index contributed by atoms with van der Waals surface area (Å²) in [5, 5.41) is 10.8. The van der Waals surface area contributed by atoms with E-state index in [0.717, 1.165) is 25.1 Å². The summed E-state index contributed by atoms with van der Waals surface area (Å²) in [5.41, 5.74) is 2.37. The van der Waals surface area contributed by atoms with Crippen molar-refractivity contribution in [3.63, 3.8) is 0 Å². The van der Waals surface area contributed by atoms with Crippen molar-refractivity contribution in [1.82, 2.24) is 15.0 Å². The number of rotatable bonds is 6. The minimum absolute atomic E-state index is 0.245. The monoisotopic (exact) mass is 306 g/mol. The first-order valence-corrected chi connectivity index (χ1v) is 7.62. The van der Waals surface area contributed by atoms with E-state index in [1.165, 1.54) is 5.56 Å². The largest absolute Gasteiger partial charge is 0.321 e. The van der Waals surface area contributed by atoms with E-state index in [9.17, 15) is 4.79 Å². The molecule has 1 aromatic heterocycles. The Bertz CT molecular complexity index is 753. The topological polar surface area (TPSA) is 59.8 Å². The molecule has 3 rings (SSSR count). The molecule has 0 spiro atoms. The zero-order chi connectivity index (χ0) is 15.9. The van der Waals surface area contributed by atoms with E-state index in [-0.39, 0.29) is 5.91 Å². The zero-order valence-electron chi connectivity index (χ0n) is 12.7. The Hall–Kier alpha value is -2.95. The van der Waals surface area contributed by atoms with Crippen LogP contribution in [0.4, 0.5) is 5.69 Å². The van der Waals surface area contributed by atoms with Gasteiger partial charge in [0.05, 0.1) is 6.20 Å². The highest BCUT2D eigenvalue weighted by atomic mass is 16.2. The predicted molar refractivity (Wildman–Crippen MR) is 89.2 cm³/mol. The Morgan fingerprint density at radius 2 is 1.70 bits per heavy atom. The van der Waals surface area contributed by atoms with E-state index in [0.29, 0.717) is 5.69 Å². The van der Waals surface area contributed by atoms with Gasteiger partial charge in [-0.05, 0) is 30.5 Å². The standard InChI is InChI=1S/C18H18N4O/c23-18(19-16-11-5-2-6-12-16)17-14-22(21-20-17)13-7-10-15-8-3-1-4-9-15/h1-6,8-9,11-12,14H,7,10,13H2,(H,19,23). The number of aromatic nitrogens is 3. The smallest absolute Gasteiger partial charge is 0.277 e. The number of para-hydroxylation sites is 1. The molecule has 3 aromatic rings. The SMILES string of the molecule is O=C(Nc1ccccc1)c1cn(CCCc2ccccc2)nn1. The van der Waals surface area contributed by atoms with Gasteiger partial charge in [0.2, 0.25) is 0 Å². The third kappa shape index (κ3) is 4.26. The maximum absolute atomic E-state index is 12.1. The Kier molecular flexibility index (Phi) is 4.79. The van der Waals surface area contributed by atoms with Crippen molar-refractivity contribution in [3.05, 3.63) is 78.1 Å². The van der Waals surface area contributed by atoms with Crippen LogP contribution in [0.2, 0.25) is 0 Å². The number of carbonyl (C=O) groups is 1. The number of anilines is 1. The van der Waals surface area contributed by atoms with Crippen molar-refractivity contribution in [2.24, 2.45) is 0 Å². The van der Waals surface area contributed by atoms with Crippen LogP contribution < -0.4 is 5.32 Å². The van der Waals surface area contributed by atoms with Crippen LogP contribution in [0.15, 0.2) is 66.9 Å². The summed E-state index contributed by atoms with van der Waals surface area (Å²) < 4.78 is 1.71. The van der Waals surface area contributed by atoms with E-state index in [4.69, 9.17) is 0 Å². The fourth-order valence-electron chi connectivity index (χ4n) is 2.32. The quantitative estimate of drug-likeness (QED) is 0.761. The molecule has 0 bridgehead atoms. The average molecular weight is 306 g/mol. The van der Waals surface area contributed by atoms with Crippen molar-refractivity contribution in [2.75, 3.05) is 5.32 Å². The van der Waals surface area contributed by atoms with E-state index in [1.54, 1.807) is 10.9 Å². The predicted octanol–water partition coefficient (Wildman–Crippen LogP) is 3.16. The third-order valence-electron chi connectivity index (χ3n) is 3.50. The molecule has 2 aromatic carbocycles. The second-order valence-electron chi connectivity index (χ2n) is 5.28. The first-order chi connectivity index (χ1) is 11.3. The lowest BCUT2D eigenvalue weighted by Crippen LogP contribution is -2.12. The van der Waals surface area contributed by atoms with Crippen molar-refractivity contribution < 1.29 is 4.79 Å². The summed E-state index contributed by atoms with van der Waals surface area (Å²) in [6, 6.07) is 19.6. The fourth-order valence-corrected chi connectivity index (χ4v) is 2.32. The van der Waals surface area contributed by atoms with Crippen molar-refractivity contribution in [1.29, 1.82) is 0 Å². The van der Waals surface area contributed by atoms with Gasteiger partial charge in [0.15, 0.2) is 5.69 Å². The number of aryl methyl sites for hydroxylation is 2. The van der Waals surface area contributed by atoms with Crippen LogP contribution in [0.5, 0.6) is 0 Å². The van der Waals surface area contributed by atoms with Gasteiger partial charge in [-0.25, -0.2) is 0 Å². The van der Waals surface area contributed by atoms with Gasteiger partial charge in [-0.1, -0.05) is 53.7 Å². The van der Waals surface area contributed by atoms with Gasteiger partial charge in [0.25, 0.3) is 5.91 Å². The number of carbonyl (C=O) groups excluding carboxylic acids is 1. The van der Waals surface area contributed by atoms with E-state index < -0.39 is 0 Å². The first-order valence-electron chi connectivity index (χ1n) is 7.62. The van der Waals surface area contributed by atoms with Gasteiger partial charge in [-0.2, -0.15) is 0 Å². The van der Waals surface area contributed by atoms with Gasteiger partial charge < -0.3 is 5.32 Å². The molecule has 1 amide bonds. The maximum Gasteiger partial charge on any atom is 0.277 e. The highest BCUT2D eigenvalue weighted by Crippen LogP contribution is 2.08. The summed E-state index contributed by atoms with van der Waals surface area (Å²) >= 11 is 0. The number of hydrogen-bond donors (Lipinski definition) is 1. The number of nitrogens with zero attached hydrogens (tertiary/aromatic N) is 3. The van der Waals surface area contributed by atoms with Crippen LogP contribution in [0.1, 0.15) is 22.5 Å². The highest BCUT2D eigenvalue weighted by Gasteiger charge is 2.10. The highest BCUT2D eigenvalue weighted by molar-refractivity contribution is 6.02. The minimum atomic E-state index is -0.245. The van der Waals surface area contributed by atoms with Gasteiger partial charge in [0, 0.05) is 12.2 Å². The lowest BCUT2D eigenvalue weighted by atomic mass is 10.1. The molecular formula is C18H18N4O. The summed E-state index contributed by atoms with van der Waals surface area (Å²) in [5.74, 6) is -0.245. The van der Waals surface area contributed by atoms with Crippen LogP contribution >= 0.6 is 0 Å². The molecule has 0 aliphatic rings. The number of benzene rings is 2. The van der Waals surface area contributed by atoms with Crippen LogP contribution in [0.25, 0.3) is 0 Å². The molecule has 0 aliphatic carbocycles. The molecule has 0 aliphatic heterocycles. The number of nitrogens with one attached hydrogen (secondary N) is 1. The minimum Gasteiger partial charge on any atom is -0.321 e. The lowest BCUT2D eigenvalue weighted by molar-refractivity contribution is 0.102. The number of hydrogen-bond acceptors (Lipinski definition) is 3. The Morgan fingerprint density at radius 1 is 1.00 bits per heavy atom. The first kappa shape index (κ1) is 15.0. The molecule has 23 heavy (non-hydrogen) atoms. The lowest BCUT2D eigenvalue weighted by Gasteiger charge is -2.02. The van der Waals surface area contributed by atoms with Crippen molar-refractivity contribution >= 4 is 11.6 Å². The Balaban J connectivity index is 1.52. The Morgan fingerprint density at radius 3 is 2.43 bits per heavy atom. The fraction of sp³-hybridized carbons (Fsp3) is 0.167. The molecule has 1 heterocycles. The van der Waals surface area contributed by atoms with E-state index in [1.807, 2.05) is 48.5 Å².